The minimum absolute atomic E-state index is 0.104. The molecular formula is C25H26Cl2N4O5S2. The van der Waals surface area contributed by atoms with Gasteiger partial charge in [0.2, 0.25) is 20.0 Å². The van der Waals surface area contributed by atoms with Crippen LogP contribution in [-0.4, -0.2) is 66.5 Å². The van der Waals surface area contributed by atoms with Crippen LogP contribution in [0.15, 0.2) is 71.6 Å². The number of carbonyl (C=O) groups is 1. The van der Waals surface area contributed by atoms with Crippen molar-refractivity contribution in [2.24, 2.45) is 0 Å². The zero-order valence-corrected chi connectivity index (χ0v) is 23.8. The predicted octanol–water partition coefficient (Wildman–Crippen LogP) is 4.15. The highest BCUT2D eigenvalue weighted by Gasteiger charge is 2.29. The Bertz CT molecular complexity index is 1540. The van der Waals surface area contributed by atoms with E-state index in [-0.39, 0.29) is 29.2 Å². The minimum Gasteiger partial charge on any atom is -0.369 e. The summed E-state index contributed by atoms with van der Waals surface area (Å²) in [6.07, 6.45) is 1.05. The zero-order valence-electron chi connectivity index (χ0n) is 20.6. The largest absolute Gasteiger partial charge is 0.369 e. The number of halogens is 2. The van der Waals surface area contributed by atoms with Crippen molar-refractivity contribution in [1.82, 2.24) is 4.31 Å². The smallest absolute Gasteiger partial charge is 0.257 e. The summed E-state index contributed by atoms with van der Waals surface area (Å²) in [4.78, 5) is 15.0. The van der Waals surface area contributed by atoms with Crippen LogP contribution >= 0.6 is 23.2 Å². The van der Waals surface area contributed by atoms with Gasteiger partial charge >= 0.3 is 0 Å². The van der Waals surface area contributed by atoms with E-state index in [0.29, 0.717) is 28.8 Å². The van der Waals surface area contributed by atoms with Crippen LogP contribution in [-0.2, 0) is 20.0 Å². The van der Waals surface area contributed by atoms with Gasteiger partial charge in [0.15, 0.2) is 0 Å². The summed E-state index contributed by atoms with van der Waals surface area (Å²) in [6, 6.07) is 17.4. The van der Waals surface area contributed by atoms with E-state index < -0.39 is 26.0 Å². The average Bonchev–Trinajstić information content (AvgIpc) is 2.87. The second kappa shape index (κ2) is 11.1. The van der Waals surface area contributed by atoms with E-state index in [4.69, 9.17) is 23.2 Å². The Morgan fingerprint density at radius 1 is 0.868 bits per heavy atom. The van der Waals surface area contributed by atoms with Crippen molar-refractivity contribution in [3.05, 3.63) is 82.3 Å². The maximum Gasteiger partial charge on any atom is 0.257 e. The molecule has 1 saturated heterocycles. The number of piperazine rings is 1. The lowest BCUT2D eigenvalue weighted by molar-refractivity contribution is 0.102. The van der Waals surface area contributed by atoms with Gasteiger partial charge in [0.1, 0.15) is 0 Å². The van der Waals surface area contributed by atoms with E-state index >= 15 is 0 Å². The first-order valence-corrected chi connectivity index (χ1v) is 15.6. The number of amides is 1. The standard InChI is InChI=1S/C25H26Cl2N4O5S2/c1-29(37(2,33)34)24-6-4-3-5-23(24)25(32)28-20-7-9-22(10-8-20)38(35,36)31-13-11-30(12-14-31)21-16-18(26)15-19(27)17-21/h3-10,15-17H,11-14H2,1-2H3,(H,28,32). The third kappa shape index (κ3) is 6.24. The highest BCUT2D eigenvalue weighted by atomic mass is 35.5. The van der Waals surface area contributed by atoms with Crippen LogP contribution in [0.3, 0.4) is 0 Å². The summed E-state index contributed by atoms with van der Waals surface area (Å²) in [5, 5.41) is 3.73. The number of nitrogens with one attached hydrogen (secondary N) is 1. The zero-order chi connectivity index (χ0) is 27.7. The van der Waals surface area contributed by atoms with Gasteiger partial charge in [-0.15, -0.1) is 0 Å². The minimum atomic E-state index is -3.75. The van der Waals surface area contributed by atoms with E-state index in [0.717, 1.165) is 16.2 Å². The summed E-state index contributed by atoms with van der Waals surface area (Å²) < 4.78 is 52.8. The van der Waals surface area contributed by atoms with Crippen LogP contribution in [0.25, 0.3) is 0 Å². The first-order chi connectivity index (χ1) is 17.9. The molecule has 202 valence electrons. The molecule has 0 aliphatic carbocycles. The molecule has 9 nitrogen and oxygen atoms in total. The van der Waals surface area contributed by atoms with Crippen LogP contribution in [0.2, 0.25) is 10.0 Å². The van der Waals surface area contributed by atoms with Crippen LogP contribution in [0, 0.1) is 0 Å². The molecule has 0 unspecified atom stereocenters. The monoisotopic (exact) mass is 596 g/mol. The lowest BCUT2D eigenvalue weighted by atomic mass is 10.1. The first kappa shape index (κ1) is 28.2. The summed E-state index contributed by atoms with van der Waals surface area (Å²) in [6.45, 7) is 1.53. The predicted molar refractivity (Wildman–Crippen MR) is 152 cm³/mol. The maximum absolute atomic E-state index is 13.2. The highest BCUT2D eigenvalue weighted by Crippen LogP contribution is 2.28. The quantitative estimate of drug-likeness (QED) is 0.439. The molecule has 1 heterocycles. The molecule has 0 saturated carbocycles. The molecule has 0 atom stereocenters. The fourth-order valence-electron chi connectivity index (χ4n) is 4.09. The molecule has 0 bridgehead atoms. The molecule has 0 radical (unpaired) electrons. The van der Waals surface area contributed by atoms with E-state index in [1.54, 1.807) is 30.3 Å². The van der Waals surface area contributed by atoms with Gasteiger partial charge in [-0.25, -0.2) is 16.8 Å². The Labute approximate surface area is 232 Å². The van der Waals surface area contributed by atoms with Gasteiger partial charge in [-0.2, -0.15) is 4.31 Å². The van der Waals surface area contributed by atoms with Crippen LogP contribution in [0.4, 0.5) is 17.1 Å². The third-order valence-corrected chi connectivity index (χ3v) is 9.73. The Kier molecular flexibility index (Phi) is 8.24. The van der Waals surface area contributed by atoms with E-state index in [1.165, 1.54) is 47.8 Å². The second-order valence-corrected chi connectivity index (χ2v) is 13.6. The Balaban J connectivity index is 1.44. The lowest BCUT2D eigenvalue weighted by Gasteiger charge is -2.35. The molecule has 0 aromatic heterocycles. The van der Waals surface area contributed by atoms with Gasteiger partial charge in [0.25, 0.3) is 5.91 Å². The van der Waals surface area contributed by atoms with Gasteiger partial charge in [-0.1, -0.05) is 35.3 Å². The fraction of sp³-hybridized carbons (Fsp3) is 0.240. The number of sulfonamides is 2. The number of nitrogens with zero attached hydrogens (tertiary/aromatic N) is 3. The number of anilines is 3. The van der Waals surface area contributed by atoms with E-state index in [9.17, 15) is 21.6 Å². The van der Waals surface area contributed by atoms with Crippen LogP contribution < -0.4 is 14.5 Å². The van der Waals surface area contributed by atoms with Crippen molar-refractivity contribution in [3.8, 4) is 0 Å². The molecule has 1 aliphatic heterocycles. The Morgan fingerprint density at radius 2 is 1.45 bits per heavy atom. The number of hydrogen-bond acceptors (Lipinski definition) is 6. The number of carbonyl (C=O) groups excluding carboxylic acids is 1. The number of benzene rings is 3. The maximum atomic E-state index is 13.2. The summed E-state index contributed by atoms with van der Waals surface area (Å²) >= 11 is 12.2. The number of hydrogen-bond donors (Lipinski definition) is 1. The molecule has 3 aromatic carbocycles. The summed E-state index contributed by atoms with van der Waals surface area (Å²) in [7, 11) is -5.95. The average molecular weight is 598 g/mol. The normalized spacial score (nSPS) is 14.8. The van der Waals surface area contributed by atoms with Gasteiger partial charge in [0.05, 0.1) is 22.4 Å². The van der Waals surface area contributed by atoms with E-state index in [1.807, 2.05) is 4.90 Å². The summed E-state index contributed by atoms with van der Waals surface area (Å²) in [5.41, 5.74) is 1.60. The topological polar surface area (TPSA) is 107 Å². The van der Waals surface area contributed by atoms with Crippen LogP contribution in [0.5, 0.6) is 0 Å². The van der Waals surface area contributed by atoms with Crippen molar-refractivity contribution in [2.45, 2.75) is 4.90 Å². The molecule has 1 fully saturated rings. The van der Waals surface area contributed by atoms with Crippen molar-refractivity contribution in [1.29, 1.82) is 0 Å². The Hall–Kier alpha value is -2.83. The second-order valence-electron chi connectivity index (χ2n) is 8.74. The SMILES string of the molecule is CN(c1ccccc1C(=O)Nc1ccc(S(=O)(=O)N2CCN(c3cc(Cl)cc(Cl)c3)CC2)cc1)S(C)(=O)=O. The van der Waals surface area contributed by atoms with Crippen molar-refractivity contribution in [2.75, 3.05) is 54.0 Å². The molecule has 1 N–H and O–H groups in total. The lowest BCUT2D eigenvalue weighted by Crippen LogP contribution is -2.48. The van der Waals surface area contributed by atoms with Gasteiger partial charge in [-0.05, 0) is 54.6 Å². The number of para-hydroxylation sites is 1. The molecular weight excluding hydrogens is 571 g/mol. The van der Waals surface area contributed by atoms with E-state index in [2.05, 4.69) is 5.32 Å². The van der Waals surface area contributed by atoms with Crippen molar-refractivity contribution < 1.29 is 21.6 Å². The molecule has 0 spiro atoms. The summed E-state index contributed by atoms with van der Waals surface area (Å²) in [5.74, 6) is -0.524. The fourth-order valence-corrected chi connectivity index (χ4v) is 6.54. The van der Waals surface area contributed by atoms with Gasteiger partial charge in [0, 0.05) is 54.6 Å². The molecule has 38 heavy (non-hydrogen) atoms. The van der Waals surface area contributed by atoms with Crippen molar-refractivity contribution in [3.63, 3.8) is 0 Å². The van der Waals surface area contributed by atoms with Gasteiger partial charge < -0.3 is 10.2 Å². The third-order valence-electron chi connectivity index (χ3n) is 6.19. The molecule has 13 heteroatoms. The van der Waals surface area contributed by atoms with Crippen molar-refractivity contribution >= 4 is 66.2 Å². The first-order valence-electron chi connectivity index (χ1n) is 11.5. The molecule has 1 amide bonds. The number of rotatable bonds is 7. The molecule has 3 aromatic rings. The van der Waals surface area contributed by atoms with Crippen LogP contribution in [0.1, 0.15) is 10.4 Å². The molecule has 4 rings (SSSR count). The molecule has 1 aliphatic rings. The van der Waals surface area contributed by atoms with Gasteiger partial charge in [-0.3, -0.25) is 9.10 Å². The highest BCUT2D eigenvalue weighted by molar-refractivity contribution is 7.92. The Morgan fingerprint density at radius 3 is 2.03 bits per heavy atom.